The third kappa shape index (κ3) is 2.33. The molecule has 3 aromatic rings. The normalized spacial score (nSPS) is 11.9. The zero-order chi connectivity index (χ0) is 15.9. The van der Waals surface area contributed by atoms with E-state index < -0.39 is 0 Å². The maximum atomic E-state index is 5.69. The van der Waals surface area contributed by atoms with Gasteiger partial charge in [0.15, 0.2) is 5.65 Å². The smallest absolute Gasteiger partial charge is 0.165 e. The number of hydrazine groups is 1. The van der Waals surface area contributed by atoms with Crippen LogP contribution < -0.4 is 11.3 Å². The Morgan fingerprint density at radius 3 is 2.41 bits per heavy atom. The highest BCUT2D eigenvalue weighted by Gasteiger charge is 2.21. The molecule has 0 aliphatic carbocycles. The van der Waals surface area contributed by atoms with Crippen LogP contribution in [0.25, 0.3) is 16.8 Å². The molecule has 0 radical (unpaired) electrons. The van der Waals surface area contributed by atoms with Gasteiger partial charge < -0.3 is 5.43 Å². The molecule has 0 atom stereocenters. The molecule has 0 saturated carbocycles. The van der Waals surface area contributed by atoms with E-state index in [0.717, 1.165) is 34.0 Å². The van der Waals surface area contributed by atoms with E-state index in [1.807, 2.05) is 31.2 Å². The first kappa shape index (κ1) is 14.5. The van der Waals surface area contributed by atoms with Crippen LogP contribution in [0.1, 0.15) is 32.2 Å². The molecule has 3 N–H and O–H groups in total. The summed E-state index contributed by atoms with van der Waals surface area (Å²) in [5.41, 5.74) is 7.55. The number of nitrogens with two attached hydrogens (primary N) is 1. The number of hydrogen-bond donors (Lipinski definition) is 2. The van der Waals surface area contributed by atoms with Crippen LogP contribution in [0, 0.1) is 6.92 Å². The van der Waals surface area contributed by atoms with Crippen molar-refractivity contribution in [3.63, 3.8) is 0 Å². The number of nitrogens with zero attached hydrogens (tertiary/aromatic N) is 3. The quantitative estimate of drug-likeness (QED) is 0.562. The van der Waals surface area contributed by atoms with Crippen molar-refractivity contribution >= 4 is 11.5 Å². The van der Waals surface area contributed by atoms with E-state index >= 15 is 0 Å². The molecule has 0 fully saturated rings. The average molecular weight is 295 g/mol. The van der Waals surface area contributed by atoms with E-state index in [0.29, 0.717) is 0 Å². The monoisotopic (exact) mass is 295 g/mol. The molecule has 5 nitrogen and oxygen atoms in total. The molecule has 114 valence electrons. The molecule has 0 spiro atoms. The zero-order valence-electron chi connectivity index (χ0n) is 13.4. The first-order chi connectivity index (χ1) is 10.4. The Morgan fingerprint density at radius 2 is 1.82 bits per heavy atom. The summed E-state index contributed by atoms with van der Waals surface area (Å²) in [5.74, 6) is 6.42. The number of benzene rings is 1. The Hall–Kier alpha value is -2.40. The van der Waals surface area contributed by atoms with Crippen LogP contribution in [0.3, 0.4) is 0 Å². The Balaban J connectivity index is 2.36. The number of aromatic nitrogens is 3. The molecule has 0 amide bonds. The second-order valence-corrected chi connectivity index (χ2v) is 6.48. The van der Waals surface area contributed by atoms with Gasteiger partial charge in [0.25, 0.3) is 0 Å². The third-order valence-electron chi connectivity index (χ3n) is 3.74. The van der Waals surface area contributed by atoms with Gasteiger partial charge >= 0.3 is 0 Å². The summed E-state index contributed by atoms with van der Waals surface area (Å²) in [6.45, 7) is 8.40. The minimum absolute atomic E-state index is 0.0700. The van der Waals surface area contributed by atoms with E-state index in [1.165, 1.54) is 0 Å². The van der Waals surface area contributed by atoms with Gasteiger partial charge in [-0.3, -0.25) is 0 Å². The summed E-state index contributed by atoms with van der Waals surface area (Å²) in [7, 11) is 0. The molecular weight excluding hydrogens is 274 g/mol. The highest BCUT2D eigenvalue weighted by Crippen LogP contribution is 2.31. The SMILES string of the molecule is Cc1nn2c(NN)cc(C(C)(C)C)nc2c1-c1ccccc1. The lowest BCUT2D eigenvalue weighted by atomic mass is 9.92. The molecule has 3 rings (SSSR count). The number of anilines is 1. The number of hydrogen-bond acceptors (Lipinski definition) is 4. The highest BCUT2D eigenvalue weighted by atomic mass is 15.4. The van der Waals surface area contributed by atoms with E-state index in [1.54, 1.807) is 4.52 Å². The lowest BCUT2D eigenvalue weighted by molar-refractivity contribution is 0.568. The highest BCUT2D eigenvalue weighted by molar-refractivity contribution is 5.80. The number of aryl methyl sites for hydroxylation is 1. The fraction of sp³-hybridized carbons (Fsp3) is 0.294. The predicted molar refractivity (Wildman–Crippen MR) is 89.7 cm³/mol. The van der Waals surface area contributed by atoms with E-state index in [2.05, 4.69) is 43.4 Å². The van der Waals surface area contributed by atoms with Crippen molar-refractivity contribution < 1.29 is 0 Å². The van der Waals surface area contributed by atoms with Gasteiger partial charge in [0.05, 0.1) is 11.4 Å². The summed E-state index contributed by atoms with van der Waals surface area (Å²) in [6.07, 6.45) is 0. The van der Waals surface area contributed by atoms with Crippen molar-refractivity contribution in [2.75, 3.05) is 5.43 Å². The van der Waals surface area contributed by atoms with E-state index in [-0.39, 0.29) is 5.41 Å². The summed E-state index contributed by atoms with van der Waals surface area (Å²) >= 11 is 0. The molecule has 22 heavy (non-hydrogen) atoms. The minimum atomic E-state index is -0.0700. The molecule has 0 aliphatic heterocycles. The Morgan fingerprint density at radius 1 is 1.14 bits per heavy atom. The molecule has 0 unspecified atom stereocenters. The number of fused-ring (bicyclic) bond motifs is 1. The average Bonchev–Trinajstić information content (AvgIpc) is 2.82. The summed E-state index contributed by atoms with van der Waals surface area (Å²) < 4.78 is 1.77. The van der Waals surface area contributed by atoms with Crippen LogP contribution in [-0.2, 0) is 5.41 Å². The molecule has 2 heterocycles. The fourth-order valence-corrected chi connectivity index (χ4v) is 2.55. The van der Waals surface area contributed by atoms with Gasteiger partial charge in [0, 0.05) is 17.0 Å². The molecule has 0 aliphatic rings. The second kappa shape index (κ2) is 5.10. The Labute approximate surface area is 130 Å². The van der Waals surface area contributed by atoms with Gasteiger partial charge in [-0.1, -0.05) is 51.1 Å². The summed E-state index contributed by atoms with van der Waals surface area (Å²) in [5, 5.41) is 4.60. The molecule has 0 bridgehead atoms. The summed E-state index contributed by atoms with van der Waals surface area (Å²) in [6, 6.07) is 12.2. The van der Waals surface area contributed by atoms with Gasteiger partial charge in [-0.05, 0) is 12.5 Å². The fourth-order valence-electron chi connectivity index (χ4n) is 2.55. The maximum absolute atomic E-state index is 5.69. The largest absolute Gasteiger partial charge is 0.308 e. The molecule has 1 aromatic carbocycles. The van der Waals surface area contributed by atoms with Gasteiger partial charge in [-0.25, -0.2) is 10.8 Å². The van der Waals surface area contributed by atoms with Crippen LogP contribution in [0.5, 0.6) is 0 Å². The van der Waals surface area contributed by atoms with Crippen LogP contribution in [0.15, 0.2) is 36.4 Å². The Bertz CT molecular complexity index is 812. The lowest BCUT2D eigenvalue weighted by Gasteiger charge is -2.19. The number of nitrogens with one attached hydrogen (secondary N) is 1. The minimum Gasteiger partial charge on any atom is -0.308 e. The molecule has 5 heteroatoms. The van der Waals surface area contributed by atoms with Crippen molar-refractivity contribution in [3.8, 4) is 11.1 Å². The van der Waals surface area contributed by atoms with Crippen molar-refractivity contribution in [3.05, 3.63) is 47.8 Å². The summed E-state index contributed by atoms with van der Waals surface area (Å²) in [4.78, 5) is 4.86. The maximum Gasteiger partial charge on any atom is 0.165 e. The van der Waals surface area contributed by atoms with E-state index in [4.69, 9.17) is 10.8 Å². The van der Waals surface area contributed by atoms with Gasteiger partial charge in [0.1, 0.15) is 5.82 Å². The predicted octanol–water partition coefficient (Wildman–Crippen LogP) is 3.29. The van der Waals surface area contributed by atoms with Crippen molar-refractivity contribution in [2.24, 2.45) is 5.84 Å². The van der Waals surface area contributed by atoms with Crippen LogP contribution in [0.2, 0.25) is 0 Å². The number of nitrogen functional groups attached to an aromatic ring is 1. The molecule has 2 aromatic heterocycles. The van der Waals surface area contributed by atoms with Crippen molar-refractivity contribution in [2.45, 2.75) is 33.1 Å². The van der Waals surface area contributed by atoms with E-state index in [9.17, 15) is 0 Å². The first-order valence-electron chi connectivity index (χ1n) is 7.34. The van der Waals surface area contributed by atoms with Crippen LogP contribution >= 0.6 is 0 Å². The topological polar surface area (TPSA) is 68.2 Å². The van der Waals surface area contributed by atoms with Crippen LogP contribution in [-0.4, -0.2) is 14.6 Å². The molecular formula is C17H21N5. The lowest BCUT2D eigenvalue weighted by Crippen LogP contribution is -2.18. The van der Waals surface area contributed by atoms with Crippen LogP contribution in [0.4, 0.5) is 5.82 Å². The third-order valence-corrected chi connectivity index (χ3v) is 3.74. The number of rotatable bonds is 2. The van der Waals surface area contributed by atoms with Crippen molar-refractivity contribution in [1.82, 2.24) is 14.6 Å². The standard InChI is InChI=1S/C17H21N5/c1-11-15(12-8-6-5-7-9-12)16-19-13(17(2,3)4)10-14(20-18)22(16)21-11/h5-10,20H,18H2,1-4H3. The zero-order valence-corrected chi connectivity index (χ0v) is 13.4. The Kier molecular flexibility index (Phi) is 3.37. The molecule has 0 saturated heterocycles. The first-order valence-corrected chi connectivity index (χ1v) is 7.34. The van der Waals surface area contributed by atoms with Crippen molar-refractivity contribution in [1.29, 1.82) is 0 Å². The van der Waals surface area contributed by atoms with Gasteiger partial charge in [0.2, 0.25) is 0 Å². The second-order valence-electron chi connectivity index (χ2n) is 6.48. The van der Waals surface area contributed by atoms with Gasteiger partial charge in [-0.15, -0.1) is 0 Å². The van der Waals surface area contributed by atoms with Gasteiger partial charge in [-0.2, -0.15) is 9.61 Å².